The van der Waals surface area contributed by atoms with E-state index < -0.39 is 5.97 Å². The molecule has 0 fully saturated rings. The molecule has 190 valence electrons. The minimum atomic E-state index is -1.06. The maximum absolute atomic E-state index is 11.0. The Kier molecular flexibility index (Phi) is 8.52. The molecule has 0 saturated heterocycles. The SMILES string of the molecule is CCCC(CCC)Oc1ccc(-c2cccc(COc3ccc4c(c3)OCC4CC(=O)[O-])c2)c(C)c1. The van der Waals surface area contributed by atoms with Gasteiger partial charge in [0.1, 0.15) is 23.9 Å². The number of carbonyl (C=O) groups is 1. The van der Waals surface area contributed by atoms with E-state index in [1.165, 1.54) is 11.1 Å². The average Bonchev–Trinajstić information content (AvgIpc) is 3.24. The maximum Gasteiger partial charge on any atom is 0.126 e. The third-order valence-electron chi connectivity index (χ3n) is 6.64. The Morgan fingerprint density at radius 1 is 1.03 bits per heavy atom. The van der Waals surface area contributed by atoms with Crippen LogP contribution in [0.4, 0.5) is 0 Å². The number of carboxylic acid groups (broad SMARTS) is 1. The van der Waals surface area contributed by atoms with Gasteiger partial charge in [-0.05, 0) is 72.7 Å². The van der Waals surface area contributed by atoms with Gasteiger partial charge < -0.3 is 24.1 Å². The topological polar surface area (TPSA) is 67.8 Å². The van der Waals surface area contributed by atoms with Crippen LogP contribution in [0.15, 0.2) is 60.7 Å². The molecule has 1 heterocycles. The molecule has 1 aliphatic heterocycles. The zero-order chi connectivity index (χ0) is 25.5. The van der Waals surface area contributed by atoms with Gasteiger partial charge in [-0.25, -0.2) is 0 Å². The third kappa shape index (κ3) is 6.39. The molecule has 0 radical (unpaired) electrons. The highest BCUT2D eigenvalue weighted by Crippen LogP contribution is 2.38. The van der Waals surface area contributed by atoms with Gasteiger partial charge in [-0.3, -0.25) is 0 Å². The van der Waals surface area contributed by atoms with Crippen molar-refractivity contribution in [3.63, 3.8) is 0 Å². The average molecular weight is 488 g/mol. The summed E-state index contributed by atoms with van der Waals surface area (Å²) < 4.78 is 18.0. The molecule has 0 amide bonds. The van der Waals surface area contributed by atoms with Gasteiger partial charge in [0.25, 0.3) is 0 Å². The van der Waals surface area contributed by atoms with Crippen LogP contribution in [0.5, 0.6) is 17.2 Å². The molecule has 4 rings (SSSR count). The summed E-state index contributed by atoms with van der Waals surface area (Å²) in [5, 5.41) is 11.0. The standard InChI is InChI=1S/C31H36O5/c1-4-7-25(8-5-2)36-27-12-13-28(21(3)15-27)23-10-6-9-22(16-23)19-34-26-11-14-29-24(17-31(32)33)20-35-30(29)18-26/h6,9-16,18,24-25H,4-5,7-8,17,19-20H2,1-3H3,(H,32,33)/p-1. The van der Waals surface area contributed by atoms with E-state index in [-0.39, 0.29) is 18.4 Å². The highest BCUT2D eigenvalue weighted by molar-refractivity contribution is 5.69. The largest absolute Gasteiger partial charge is 0.550 e. The number of hydrogen-bond donors (Lipinski definition) is 0. The first kappa shape index (κ1) is 25.6. The van der Waals surface area contributed by atoms with Crippen molar-refractivity contribution in [3.05, 3.63) is 77.4 Å². The predicted octanol–water partition coefficient (Wildman–Crippen LogP) is 6.20. The quantitative estimate of drug-likeness (QED) is 0.304. The number of rotatable bonds is 12. The number of aryl methyl sites for hydroxylation is 1. The fourth-order valence-electron chi connectivity index (χ4n) is 4.84. The Labute approximate surface area is 214 Å². The molecule has 5 nitrogen and oxygen atoms in total. The summed E-state index contributed by atoms with van der Waals surface area (Å²) in [4.78, 5) is 11.0. The van der Waals surface area contributed by atoms with Gasteiger partial charge in [0.05, 0.1) is 12.7 Å². The second-order valence-corrected chi connectivity index (χ2v) is 9.57. The highest BCUT2D eigenvalue weighted by Gasteiger charge is 2.24. The van der Waals surface area contributed by atoms with E-state index in [9.17, 15) is 9.90 Å². The van der Waals surface area contributed by atoms with E-state index in [4.69, 9.17) is 14.2 Å². The fraction of sp³-hybridized carbons (Fsp3) is 0.387. The van der Waals surface area contributed by atoms with E-state index in [2.05, 4.69) is 57.2 Å². The number of benzene rings is 3. The van der Waals surface area contributed by atoms with Crippen LogP contribution in [0.1, 0.15) is 68.6 Å². The molecule has 36 heavy (non-hydrogen) atoms. The second kappa shape index (κ2) is 12.0. The molecule has 0 bridgehead atoms. The monoisotopic (exact) mass is 487 g/mol. The Bertz CT molecular complexity index is 1180. The van der Waals surface area contributed by atoms with E-state index >= 15 is 0 Å². The molecule has 1 unspecified atom stereocenters. The van der Waals surface area contributed by atoms with E-state index in [0.29, 0.717) is 24.7 Å². The molecule has 0 aliphatic carbocycles. The summed E-state index contributed by atoms with van der Waals surface area (Å²) in [6, 6.07) is 20.3. The van der Waals surface area contributed by atoms with Crippen molar-refractivity contribution in [1.82, 2.24) is 0 Å². The van der Waals surface area contributed by atoms with Crippen molar-refractivity contribution in [2.75, 3.05) is 6.61 Å². The molecule has 1 aliphatic rings. The molecule has 0 spiro atoms. The molecule has 3 aromatic carbocycles. The maximum atomic E-state index is 11.0. The normalized spacial score (nSPS) is 14.4. The van der Waals surface area contributed by atoms with E-state index in [0.717, 1.165) is 48.1 Å². The Hall–Kier alpha value is -3.47. The smallest absolute Gasteiger partial charge is 0.126 e. The summed E-state index contributed by atoms with van der Waals surface area (Å²) in [7, 11) is 0. The number of aliphatic carboxylic acids is 1. The van der Waals surface area contributed by atoms with Crippen LogP contribution in [-0.4, -0.2) is 18.7 Å². The summed E-state index contributed by atoms with van der Waals surface area (Å²) in [5.41, 5.74) is 5.46. The summed E-state index contributed by atoms with van der Waals surface area (Å²) >= 11 is 0. The van der Waals surface area contributed by atoms with Crippen LogP contribution in [-0.2, 0) is 11.4 Å². The number of hydrogen-bond acceptors (Lipinski definition) is 5. The Morgan fingerprint density at radius 3 is 2.53 bits per heavy atom. The van der Waals surface area contributed by atoms with Crippen molar-refractivity contribution in [2.45, 2.75) is 71.5 Å². The zero-order valence-corrected chi connectivity index (χ0v) is 21.4. The molecule has 5 heteroatoms. The lowest BCUT2D eigenvalue weighted by Crippen LogP contribution is -2.24. The van der Waals surface area contributed by atoms with Gasteiger partial charge in [0.15, 0.2) is 0 Å². The first-order valence-corrected chi connectivity index (χ1v) is 12.9. The van der Waals surface area contributed by atoms with Crippen molar-refractivity contribution in [3.8, 4) is 28.4 Å². The number of fused-ring (bicyclic) bond motifs is 1. The Balaban J connectivity index is 1.42. The molecule has 3 aromatic rings. The minimum absolute atomic E-state index is 0.0371. The lowest BCUT2D eigenvalue weighted by molar-refractivity contribution is -0.306. The van der Waals surface area contributed by atoms with Crippen LogP contribution in [0.25, 0.3) is 11.1 Å². The van der Waals surface area contributed by atoms with Gasteiger partial charge in [-0.1, -0.05) is 57.0 Å². The molecular weight excluding hydrogens is 452 g/mol. The molecular formula is C31H35O5-. The Morgan fingerprint density at radius 2 is 1.81 bits per heavy atom. The van der Waals surface area contributed by atoms with Crippen molar-refractivity contribution >= 4 is 5.97 Å². The van der Waals surface area contributed by atoms with Gasteiger partial charge in [0.2, 0.25) is 0 Å². The van der Waals surface area contributed by atoms with Crippen molar-refractivity contribution in [2.24, 2.45) is 0 Å². The minimum Gasteiger partial charge on any atom is -0.550 e. The number of carbonyl (C=O) groups excluding carboxylic acids is 1. The number of carboxylic acids is 1. The predicted molar refractivity (Wildman–Crippen MR) is 139 cm³/mol. The number of ether oxygens (including phenoxy) is 3. The molecule has 1 atom stereocenters. The van der Waals surface area contributed by atoms with Gasteiger partial charge in [-0.2, -0.15) is 0 Å². The van der Waals surface area contributed by atoms with E-state index in [1.807, 2.05) is 24.3 Å². The van der Waals surface area contributed by atoms with Crippen LogP contribution in [0.3, 0.4) is 0 Å². The van der Waals surface area contributed by atoms with Crippen molar-refractivity contribution < 1.29 is 24.1 Å². The molecule has 0 N–H and O–H groups in total. The highest BCUT2D eigenvalue weighted by atomic mass is 16.5. The first-order chi connectivity index (χ1) is 17.5. The lowest BCUT2D eigenvalue weighted by atomic mass is 9.98. The first-order valence-electron chi connectivity index (χ1n) is 12.9. The van der Waals surface area contributed by atoms with Crippen LogP contribution >= 0.6 is 0 Å². The van der Waals surface area contributed by atoms with E-state index in [1.54, 1.807) is 0 Å². The molecule has 0 aromatic heterocycles. The van der Waals surface area contributed by atoms with Crippen LogP contribution in [0.2, 0.25) is 0 Å². The summed E-state index contributed by atoms with van der Waals surface area (Å²) in [6.07, 6.45) is 4.64. The lowest BCUT2D eigenvalue weighted by Gasteiger charge is -2.19. The van der Waals surface area contributed by atoms with Crippen LogP contribution in [0, 0.1) is 6.92 Å². The summed E-state index contributed by atoms with van der Waals surface area (Å²) in [6.45, 7) is 7.30. The third-order valence-corrected chi connectivity index (χ3v) is 6.64. The fourth-order valence-corrected chi connectivity index (χ4v) is 4.84. The zero-order valence-electron chi connectivity index (χ0n) is 21.4. The van der Waals surface area contributed by atoms with Gasteiger partial charge in [-0.15, -0.1) is 0 Å². The second-order valence-electron chi connectivity index (χ2n) is 9.57. The van der Waals surface area contributed by atoms with Crippen molar-refractivity contribution in [1.29, 1.82) is 0 Å². The van der Waals surface area contributed by atoms with Crippen LogP contribution < -0.4 is 19.3 Å². The molecule has 0 saturated carbocycles. The van der Waals surface area contributed by atoms with Gasteiger partial charge >= 0.3 is 0 Å². The summed E-state index contributed by atoms with van der Waals surface area (Å²) in [5.74, 6) is 1.08. The van der Waals surface area contributed by atoms with Gasteiger partial charge in [0, 0.05) is 23.5 Å².